The van der Waals surface area contributed by atoms with Crippen molar-refractivity contribution in [2.24, 2.45) is 0 Å². The summed E-state index contributed by atoms with van der Waals surface area (Å²) in [5.74, 6) is -0.199. The number of hydrogen-bond acceptors (Lipinski definition) is 5. The van der Waals surface area contributed by atoms with E-state index in [9.17, 15) is 14.3 Å². The average molecular weight is 468 g/mol. The molecule has 5 nitrogen and oxygen atoms in total. The Morgan fingerprint density at radius 2 is 1.73 bits per heavy atom. The van der Waals surface area contributed by atoms with E-state index in [2.05, 4.69) is 4.90 Å². The molecule has 33 heavy (non-hydrogen) atoms. The van der Waals surface area contributed by atoms with Crippen LogP contribution in [-0.4, -0.2) is 47.0 Å². The van der Waals surface area contributed by atoms with Gasteiger partial charge in [0, 0.05) is 43.3 Å². The quantitative estimate of drug-likeness (QED) is 0.535. The van der Waals surface area contributed by atoms with Gasteiger partial charge in [0.2, 0.25) is 0 Å². The molecule has 1 N–H and O–H groups in total. The Hall–Kier alpha value is -2.77. The molecular formula is C26H30FN3O2S. The highest BCUT2D eigenvalue weighted by molar-refractivity contribution is 7.98. The molecule has 174 valence electrons. The van der Waals surface area contributed by atoms with Crippen molar-refractivity contribution in [1.29, 1.82) is 0 Å². The van der Waals surface area contributed by atoms with Gasteiger partial charge in [0.05, 0.1) is 17.3 Å². The smallest absolute Gasteiger partial charge is 0.259 e. The van der Waals surface area contributed by atoms with Crippen LogP contribution in [0.5, 0.6) is 5.75 Å². The molecule has 3 aromatic rings. The van der Waals surface area contributed by atoms with E-state index in [0.29, 0.717) is 44.0 Å². The molecule has 0 bridgehead atoms. The predicted molar refractivity (Wildman–Crippen MR) is 133 cm³/mol. The Morgan fingerprint density at radius 1 is 1.06 bits per heavy atom. The highest BCUT2D eigenvalue weighted by Gasteiger charge is 2.31. The molecule has 4 rings (SSSR count). The molecule has 0 spiro atoms. The molecule has 7 heteroatoms. The second kappa shape index (κ2) is 10.0. The summed E-state index contributed by atoms with van der Waals surface area (Å²) in [7, 11) is 0. The van der Waals surface area contributed by atoms with Crippen molar-refractivity contribution in [2.75, 3.05) is 37.3 Å². The van der Waals surface area contributed by atoms with E-state index in [1.807, 2.05) is 55.3 Å². The summed E-state index contributed by atoms with van der Waals surface area (Å²) in [6.45, 7) is 6.86. The van der Waals surface area contributed by atoms with Crippen molar-refractivity contribution in [3.05, 3.63) is 87.6 Å². The van der Waals surface area contributed by atoms with Crippen LogP contribution in [0.15, 0.2) is 64.3 Å². The van der Waals surface area contributed by atoms with E-state index in [1.165, 1.54) is 6.07 Å². The van der Waals surface area contributed by atoms with Gasteiger partial charge < -0.3 is 14.6 Å². The SMILES string of the molecule is CCn1c(C)cc(O)c([C@@H](c2ccc(SC)cc2)N2CCN(c3ccccc3F)CC2)c1=O. The number of pyridine rings is 1. The second-order valence-electron chi connectivity index (χ2n) is 8.28. The van der Waals surface area contributed by atoms with Crippen LogP contribution in [0.2, 0.25) is 0 Å². The van der Waals surface area contributed by atoms with Crippen molar-refractivity contribution < 1.29 is 9.50 Å². The molecule has 1 atom stereocenters. The second-order valence-corrected chi connectivity index (χ2v) is 9.16. The van der Waals surface area contributed by atoms with Crippen LogP contribution in [0.25, 0.3) is 0 Å². The third-order valence-corrected chi connectivity index (χ3v) is 7.16. The third-order valence-electron chi connectivity index (χ3n) is 6.42. The molecule has 0 amide bonds. The number of piperazine rings is 1. The summed E-state index contributed by atoms with van der Waals surface area (Å²) >= 11 is 1.66. The number of thioether (sulfide) groups is 1. The lowest BCUT2D eigenvalue weighted by molar-refractivity contribution is 0.207. The molecule has 2 aromatic carbocycles. The van der Waals surface area contributed by atoms with E-state index in [-0.39, 0.29) is 23.2 Å². The summed E-state index contributed by atoms with van der Waals surface area (Å²) < 4.78 is 16.0. The normalized spacial score (nSPS) is 15.6. The first-order chi connectivity index (χ1) is 15.9. The number of benzene rings is 2. The standard InChI is InChI=1S/C26H30FN3O2S/c1-4-30-18(2)17-23(31)24(26(30)32)25(19-9-11-20(33-3)12-10-19)29-15-13-28(14-16-29)22-8-6-5-7-21(22)27/h5-12,17,25,31H,4,13-16H2,1-3H3/t25-/m1/s1. The zero-order chi connectivity index (χ0) is 23.5. The first-order valence-corrected chi connectivity index (χ1v) is 12.5. The van der Waals surface area contributed by atoms with Gasteiger partial charge in [0.15, 0.2) is 0 Å². The van der Waals surface area contributed by atoms with E-state index in [0.717, 1.165) is 16.2 Å². The lowest BCUT2D eigenvalue weighted by Gasteiger charge is -2.40. The summed E-state index contributed by atoms with van der Waals surface area (Å²) in [4.78, 5) is 18.9. The molecule has 1 saturated heterocycles. The minimum atomic E-state index is -0.380. The Labute approximate surface area is 198 Å². The van der Waals surface area contributed by atoms with E-state index < -0.39 is 0 Å². The molecule has 1 aromatic heterocycles. The molecule has 0 radical (unpaired) electrons. The molecule has 0 unspecified atom stereocenters. The molecular weight excluding hydrogens is 437 g/mol. The maximum atomic E-state index is 14.3. The van der Waals surface area contributed by atoms with Gasteiger partial charge in [-0.15, -0.1) is 11.8 Å². The first-order valence-electron chi connectivity index (χ1n) is 11.2. The van der Waals surface area contributed by atoms with Gasteiger partial charge in [-0.2, -0.15) is 0 Å². The summed E-state index contributed by atoms with van der Waals surface area (Å²) in [6, 6.07) is 16.3. The van der Waals surface area contributed by atoms with Gasteiger partial charge in [-0.25, -0.2) is 4.39 Å². The number of hydrogen-bond donors (Lipinski definition) is 1. The fourth-order valence-electron chi connectivity index (χ4n) is 4.69. The fraction of sp³-hybridized carbons (Fsp3) is 0.346. The van der Waals surface area contributed by atoms with Crippen LogP contribution in [0.4, 0.5) is 10.1 Å². The van der Waals surface area contributed by atoms with Gasteiger partial charge >= 0.3 is 0 Å². The predicted octanol–water partition coefficient (Wildman–Crippen LogP) is 4.65. The minimum absolute atomic E-state index is 0.0256. The Balaban J connectivity index is 1.72. The van der Waals surface area contributed by atoms with Crippen molar-refractivity contribution in [2.45, 2.75) is 31.3 Å². The number of nitrogens with zero attached hydrogens (tertiary/aromatic N) is 3. The Kier molecular flexibility index (Phi) is 7.10. The van der Waals surface area contributed by atoms with E-state index in [1.54, 1.807) is 34.5 Å². The zero-order valence-corrected chi connectivity index (χ0v) is 20.1. The number of rotatable bonds is 6. The fourth-order valence-corrected chi connectivity index (χ4v) is 5.10. The number of anilines is 1. The largest absolute Gasteiger partial charge is 0.507 e. The van der Waals surface area contributed by atoms with Crippen molar-refractivity contribution >= 4 is 17.4 Å². The zero-order valence-electron chi connectivity index (χ0n) is 19.3. The van der Waals surface area contributed by atoms with Crippen LogP contribution in [0, 0.1) is 12.7 Å². The van der Waals surface area contributed by atoms with Crippen LogP contribution in [0.3, 0.4) is 0 Å². The Morgan fingerprint density at radius 3 is 2.33 bits per heavy atom. The lowest BCUT2D eigenvalue weighted by Crippen LogP contribution is -2.49. The Bertz CT molecular complexity index is 1170. The monoisotopic (exact) mass is 467 g/mol. The maximum Gasteiger partial charge on any atom is 0.259 e. The highest BCUT2D eigenvalue weighted by Crippen LogP contribution is 2.34. The number of aromatic nitrogens is 1. The average Bonchev–Trinajstić information content (AvgIpc) is 2.82. The lowest BCUT2D eigenvalue weighted by atomic mass is 9.96. The summed E-state index contributed by atoms with van der Waals surface area (Å²) in [5, 5.41) is 10.9. The molecule has 0 aliphatic carbocycles. The van der Waals surface area contributed by atoms with E-state index >= 15 is 0 Å². The molecule has 1 aliphatic heterocycles. The molecule has 1 aliphatic rings. The van der Waals surface area contributed by atoms with Crippen LogP contribution < -0.4 is 10.5 Å². The number of aryl methyl sites for hydroxylation is 1. The van der Waals surface area contributed by atoms with Gasteiger partial charge in [-0.05, 0) is 56.0 Å². The number of aromatic hydroxyl groups is 1. The van der Waals surface area contributed by atoms with Crippen molar-refractivity contribution in [1.82, 2.24) is 9.47 Å². The number of para-hydroxylation sites is 1. The highest BCUT2D eigenvalue weighted by atomic mass is 32.2. The van der Waals surface area contributed by atoms with Crippen molar-refractivity contribution in [3.63, 3.8) is 0 Å². The summed E-state index contributed by atoms with van der Waals surface area (Å²) in [6.07, 6.45) is 2.03. The molecule has 0 saturated carbocycles. The molecule has 2 heterocycles. The van der Waals surface area contributed by atoms with Crippen LogP contribution in [0.1, 0.15) is 29.8 Å². The number of halogens is 1. The van der Waals surface area contributed by atoms with Gasteiger partial charge in [0.25, 0.3) is 5.56 Å². The topological polar surface area (TPSA) is 48.7 Å². The van der Waals surface area contributed by atoms with Crippen molar-refractivity contribution in [3.8, 4) is 5.75 Å². The summed E-state index contributed by atoms with van der Waals surface area (Å²) in [5.41, 5.74) is 2.55. The third kappa shape index (κ3) is 4.66. The van der Waals surface area contributed by atoms with Crippen LogP contribution in [-0.2, 0) is 6.54 Å². The maximum absolute atomic E-state index is 14.3. The van der Waals surface area contributed by atoms with Gasteiger partial charge in [-0.1, -0.05) is 24.3 Å². The first kappa shape index (κ1) is 23.4. The van der Waals surface area contributed by atoms with E-state index in [4.69, 9.17) is 0 Å². The molecule has 1 fully saturated rings. The van der Waals surface area contributed by atoms with Gasteiger partial charge in [0.1, 0.15) is 11.6 Å². The van der Waals surface area contributed by atoms with Gasteiger partial charge in [-0.3, -0.25) is 9.69 Å². The minimum Gasteiger partial charge on any atom is -0.507 e. The van der Waals surface area contributed by atoms with Crippen LogP contribution >= 0.6 is 11.8 Å².